The van der Waals surface area contributed by atoms with Crippen LogP contribution in [-0.2, 0) is 4.74 Å². The topological polar surface area (TPSA) is 9.23 Å². The van der Waals surface area contributed by atoms with Crippen molar-refractivity contribution in [2.24, 2.45) is 0 Å². The molecular formula is C9H10F2OSe. The molecule has 0 fully saturated rings. The van der Waals surface area contributed by atoms with Crippen LogP contribution in [0.5, 0.6) is 0 Å². The molecule has 1 nitrogen and oxygen atoms in total. The molecule has 1 aromatic rings. The first kappa shape index (κ1) is 10.6. The van der Waals surface area contributed by atoms with E-state index in [1.54, 1.807) is 37.3 Å². The van der Waals surface area contributed by atoms with Crippen molar-refractivity contribution in [2.45, 2.75) is 11.9 Å². The molecular weight excluding hydrogens is 241 g/mol. The van der Waals surface area contributed by atoms with Crippen LogP contribution in [0.2, 0.25) is 0 Å². The van der Waals surface area contributed by atoms with Crippen molar-refractivity contribution in [3.05, 3.63) is 30.3 Å². The molecule has 0 N–H and O–H groups in total. The van der Waals surface area contributed by atoms with Crippen LogP contribution in [0.15, 0.2) is 30.3 Å². The molecule has 0 saturated heterocycles. The fourth-order valence-corrected chi connectivity index (χ4v) is 2.39. The summed E-state index contributed by atoms with van der Waals surface area (Å²) in [6.07, 6.45) is 0. The van der Waals surface area contributed by atoms with Gasteiger partial charge in [0.25, 0.3) is 0 Å². The molecule has 4 heteroatoms. The number of halogens is 2. The molecule has 0 atom stereocenters. The molecule has 72 valence electrons. The van der Waals surface area contributed by atoms with Gasteiger partial charge in [0.2, 0.25) is 0 Å². The average molecular weight is 251 g/mol. The van der Waals surface area contributed by atoms with Crippen molar-refractivity contribution in [2.75, 3.05) is 6.61 Å². The SMILES string of the molecule is CCOC(F)(F)[Se]c1ccccc1. The van der Waals surface area contributed by atoms with Gasteiger partial charge in [-0.25, -0.2) is 0 Å². The molecule has 0 heterocycles. The summed E-state index contributed by atoms with van der Waals surface area (Å²) in [6.45, 7) is 1.61. The summed E-state index contributed by atoms with van der Waals surface area (Å²) in [5, 5.41) is -2.98. The minimum absolute atomic E-state index is 0.0432. The predicted octanol–water partition coefficient (Wildman–Crippen LogP) is 1.60. The maximum atomic E-state index is 12.9. The van der Waals surface area contributed by atoms with E-state index in [0.717, 1.165) is 0 Å². The van der Waals surface area contributed by atoms with Gasteiger partial charge in [-0.2, -0.15) is 0 Å². The van der Waals surface area contributed by atoms with Crippen molar-refractivity contribution in [1.29, 1.82) is 0 Å². The molecule has 1 aromatic carbocycles. The van der Waals surface area contributed by atoms with E-state index in [1.165, 1.54) is 0 Å². The van der Waals surface area contributed by atoms with Crippen LogP contribution in [0.4, 0.5) is 8.78 Å². The Morgan fingerprint density at radius 3 is 2.46 bits per heavy atom. The van der Waals surface area contributed by atoms with Gasteiger partial charge in [0, 0.05) is 0 Å². The fourth-order valence-electron chi connectivity index (χ4n) is 0.823. The Morgan fingerprint density at radius 2 is 1.92 bits per heavy atom. The summed E-state index contributed by atoms with van der Waals surface area (Å²) in [7, 11) is 0. The summed E-state index contributed by atoms with van der Waals surface area (Å²) in [6, 6.07) is 8.68. The van der Waals surface area contributed by atoms with E-state index in [2.05, 4.69) is 4.74 Å². The van der Waals surface area contributed by atoms with Crippen molar-refractivity contribution < 1.29 is 13.5 Å². The van der Waals surface area contributed by atoms with Crippen molar-refractivity contribution >= 4 is 19.4 Å². The van der Waals surface area contributed by atoms with Crippen LogP contribution >= 0.6 is 0 Å². The summed E-state index contributed by atoms with van der Waals surface area (Å²) >= 11 is -0.940. The summed E-state index contributed by atoms with van der Waals surface area (Å²) < 4.78 is 30.8. The normalized spacial score (nSPS) is 11.6. The average Bonchev–Trinajstić information content (AvgIpc) is 2.04. The summed E-state index contributed by atoms with van der Waals surface area (Å²) in [5.74, 6) is 0. The molecule has 13 heavy (non-hydrogen) atoms. The first-order valence-corrected chi connectivity index (χ1v) is 5.61. The monoisotopic (exact) mass is 252 g/mol. The number of alkyl halides is 2. The molecule has 0 spiro atoms. The van der Waals surface area contributed by atoms with E-state index in [0.29, 0.717) is 4.46 Å². The van der Waals surface area contributed by atoms with Gasteiger partial charge in [-0.3, -0.25) is 0 Å². The number of hydrogen-bond acceptors (Lipinski definition) is 1. The third kappa shape index (κ3) is 3.85. The second kappa shape index (κ2) is 4.70. The van der Waals surface area contributed by atoms with Crippen LogP contribution < -0.4 is 4.46 Å². The fraction of sp³-hybridized carbons (Fsp3) is 0.333. The molecule has 0 unspecified atom stereocenters. The Balaban J connectivity index is 2.58. The van der Waals surface area contributed by atoms with E-state index in [1.807, 2.05) is 0 Å². The van der Waals surface area contributed by atoms with Gasteiger partial charge >= 0.3 is 81.8 Å². The standard InChI is InChI=1S/C9H10F2OSe/c1-2-12-9(10,11)13-8-6-4-3-5-7-8/h3-7H,2H2,1H3. The first-order chi connectivity index (χ1) is 6.14. The third-order valence-electron chi connectivity index (χ3n) is 1.29. The zero-order valence-corrected chi connectivity index (χ0v) is 8.88. The van der Waals surface area contributed by atoms with Gasteiger partial charge in [0.15, 0.2) is 0 Å². The molecule has 0 amide bonds. The van der Waals surface area contributed by atoms with E-state index in [-0.39, 0.29) is 6.61 Å². The third-order valence-corrected chi connectivity index (χ3v) is 3.10. The molecule has 0 bridgehead atoms. The van der Waals surface area contributed by atoms with Gasteiger partial charge in [-0.05, 0) is 0 Å². The van der Waals surface area contributed by atoms with Gasteiger partial charge in [-0.15, -0.1) is 0 Å². The van der Waals surface area contributed by atoms with E-state index in [9.17, 15) is 8.78 Å². The predicted molar refractivity (Wildman–Crippen MR) is 48.4 cm³/mol. The van der Waals surface area contributed by atoms with Crippen LogP contribution in [0.1, 0.15) is 6.92 Å². The Labute approximate surface area is 82.3 Å². The number of benzene rings is 1. The number of rotatable bonds is 4. The molecule has 1 rings (SSSR count). The Kier molecular flexibility index (Phi) is 3.85. The second-order valence-electron chi connectivity index (χ2n) is 2.31. The van der Waals surface area contributed by atoms with Gasteiger partial charge in [-0.1, -0.05) is 0 Å². The van der Waals surface area contributed by atoms with Gasteiger partial charge in [0.1, 0.15) is 0 Å². The summed E-state index contributed by atoms with van der Waals surface area (Å²) in [5.41, 5.74) is 0. The van der Waals surface area contributed by atoms with Gasteiger partial charge < -0.3 is 0 Å². The van der Waals surface area contributed by atoms with Crippen molar-refractivity contribution in [3.8, 4) is 0 Å². The quantitative estimate of drug-likeness (QED) is 0.738. The summed E-state index contributed by atoms with van der Waals surface area (Å²) in [4.78, 5) is 0. The van der Waals surface area contributed by atoms with Crippen molar-refractivity contribution in [1.82, 2.24) is 0 Å². The van der Waals surface area contributed by atoms with Crippen LogP contribution in [0.25, 0.3) is 0 Å². The molecule has 0 aromatic heterocycles. The van der Waals surface area contributed by atoms with Crippen molar-refractivity contribution in [3.63, 3.8) is 0 Å². The molecule has 0 aliphatic carbocycles. The Hall–Kier alpha value is -0.441. The Morgan fingerprint density at radius 1 is 1.31 bits per heavy atom. The van der Waals surface area contributed by atoms with E-state index >= 15 is 0 Å². The zero-order chi connectivity index (χ0) is 9.73. The van der Waals surface area contributed by atoms with Crippen LogP contribution in [-0.4, -0.2) is 26.6 Å². The molecule has 0 radical (unpaired) electrons. The number of hydrogen-bond donors (Lipinski definition) is 0. The Bertz CT molecular complexity index is 251. The van der Waals surface area contributed by atoms with Crippen LogP contribution in [0.3, 0.4) is 0 Å². The molecule has 0 aliphatic rings. The van der Waals surface area contributed by atoms with E-state index in [4.69, 9.17) is 0 Å². The zero-order valence-electron chi connectivity index (χ0n) is 7.17. The van der Waals surface area contributed by atoms with Gasteiger partial charge in [0.05, 0.1) is 0 Å². The first-order valence-electron chi connectivity index (χ1n) is 3.90. The van der Waals surface area contributed by atoms with E-state index < -0.39 is 20.0 Å². The molecule has 0 aliphatic heterocycles. The number of ether oxygens (including phenoxy) is 1. The second-order valence-corrected chi connectivity index (χ2v) is 4.73. The minimum atomic E-state index is -2.98. The molecule has 0 saturated carbocycles. The maximum absolute atomic E-state index is 12.9. The van der Waals surface area contributed by atoms with Crippen LogP contribution in [0, 0.1) is 0 Å².